The molecular weight excluding hydrogens is 508 g/mol. The summed E-state index contributed by atoms with van der Waals surface area (Å²) in [6.45, 7) is 11.6. The number of nitrogens with zero attached hydrogens (tertiary/aromatic N) is 2. The first-order valence-corrected chi connectivity index (χ1v) is 14.3. The highest BCUT2D eigenvalue weighted by Crippen LogP contribution is 2.64. The Morgan fingerprint density at radius 1 is 1.30 bits per heavy atom. The van der Waals surface area contributed by atoms with E-state index in [4.69, 9.17) is 13.9 Å². The Balaban J connectivity index is 1.36. The van der Waals surface area contributed by atoms with Crippen LogP contribution in [0.15, 0.2) is 53.6 Å². The summed E-state index contributed by atoms with van der Waals surface area (Å²) in [5.74, 6) is 1.41. The first kappa shape index (κ1) is 26.7. The van der Waals surface area contributed by atoms with Gasteiger partial charge in [-0.3, -0.25) is 14.5 Å². The van der Waals surface area contributed by atoms with Gasteiger partial charge in [0, 0.05) is 42.1 Å². The van der Waals surface area contributed by atoms with Crippen molar-refractivity contribution in [1.29, 1.82) is 0 Å². The molecule has 1 saturated heterocycles. The Labute approximate surface area is 235 Å². The van der Waals surface area contributed by atoms with Crippen molar-refractivity contribution in [3.8, 4) is 11.5 Å². The smallest absolute Gasteiger partial charge is 0.307 e. The molecule has 4 aliphatic rings. The average Bonchev–Trinajstić information content (AvgIpc) is 3.54. The number of esters is 1. The van der Waals surface area contributed by atoms with Gasteiger partial charge in [0.15, 0.2) is 11.5 Å². The second kappa shape index (κ2) is 10.1. The maximum atomic E-state index is 13.7. The number of furan rings is 1. The van der Waals surface area contributed by atoms with Crippen molar-refractivity contribution in [3.05, 3.63) is 65.8 Å². The van der Waals surface area contributed by atoms with Crippen molar-refractivity contribution < 1.29 is 28.6 Å². The van der Waals surface area contributed by atoms with Crippen molar-refractivity contribution in [2.45, 2.75) is 70.1 Å². The van der Waals surface area contributed by atoms with E-state index in [2.05, 4.69) is 25.3 Å². The van der Waals surface area contributed by atoms with Crippen LogP contribution < -0.4 is 4.74 Å². The number of phenols is 1. The summed E-state index contributed by atoms with van der Waals surface area (Å²) in [7, 11) is 0. The molecule has 0 radical (unpaired) electrons. The van der Waals surface area contributed by atoms with Crippen LogP contribution in [0, 0.1) is 11.8 Å². The van der Waals surface area contributed by atoms with E-state index < -0.39 is 0 Å². The lowest BCUT2D eigenvalue weighted by atomic mass is 9.51. The third-order valence-electron chi connectivity index (χ3n) is 9.28. The molecule has 1 aromatic heterocycles. The molecule has 8 heteroatoms. The fraction of sp³-hybridized carbons (Fsp3) is 0.500. The average molecular weight is 547 g/mol. The van der Waals surface area contributed by atoms with Crippen LogP contribution in [0.25, 0.3) is 6.08 Å². The third kappa shape index (κ3) is 4.33. The number of carbonyl (C=O) groups excluding carboxylic acids is 2. The molecule has 5 atom stereocenters. The monoisotopic (exact) mass is 546 g/mol. The predicted octanol–water partition coefficient (Wildman–Crippen LogP) is 4.67. The van der Waals surface area contributed by atoms with Crippen molar-refractivity contribution in [3.63, 3.8) is 0 Å². The zero-order valence-electron chi connectivity index (χ0n) is 23.5. The lowest BCUT2D eigenvalue weighted by Crippen LogP contribution is -2.69. The van der Waals surface area contributed by atoms with Gasteiger partial charge >= 0.3 is 5.97 Å². The van der Waals surface area contributed by atoms with E-state index in [1.54, 1.807) is 30.7 Å². The van der Waals surface area contributed by atoms with Gasteiger partial charge in [-0.1, -0.05) is 26.5 Å². The Kier molecular flexibility index (Phi) is 6.77. The third-order valence-corrected chi connectivity index (χ3v) is 9.28. The summed E-state index contributed by atoms with van der Waals surface area (Å²) in [6, 6.07) is 5.70. The molecule has 2 bridgehead atoms. The fourth-order valence-corrected chi connectivity index (χ4v) is 7.99. The Morgan fingerprint density at radius 3 is 2.85 bits per heavy atom. The van der Waals surface area contributed by atoms with Crippen LogP contribution in [0.1, 0.15) is 56.7 Å². The zero-order valence-corrected chi connectivity index (χ0v) is 23.5. The molecule has 1 N–H and O–H groups in total. The molecule has 2 aliphatic carbocycles. The minimum absolute atomic E-state index is 0.0405. The van der Waals surface area contributed by atoms with Gasteiger partial charge < -0.3 is 23.9 Å². The number of rotatable bonds is 8. The SMILES string of the molecule is C=C(CN1CC[C@]23c4c5ccc(O)c4O[C@H]2[C@@H](N(CC(C)C)C(=O)C=Cc2ccoc2)CC[C@H]3[C@H]1C5)OC(C)=O. The van der Waals surface area contributed by atoms with E-state index >= 15 is 0 Å². The molecule has 2 aromatic rings. The predicted molar refractivity (Wildman–Crippen MR) is 150 cm³/mol. The Bertz CT molecular complexity index is 1350. The number of hydrogen-bond donors (Lipinski definition) is 1. The number of benzene rings is 1. The van der Waals surface area contributed by atoms with Gasteiger partial charge in [-0.25, -0.2) is 0 Å². The highest BCUT2D eigenvalue weighted by Gasteiger charge is 2.66. The number of amides is 1. The van der Waals surface area contributed by atoms with Crippen molar-refractivity contribution in [2.75, 3.05) is 19.6 Å². The van der Waals surface area contributed by atoms with Crippen molar-refractivity contribution >= 4 is 18.0 Å². The first-order chi connectivity index (χ1) is 19.2. The quantitative estimate of drug-likeness (QED) is 0.292. The molecule has 1 aromatic carbocycles. The summed E-state index contributed by atoms with van der Waals surface area (Å²) in [6.07, 6.45) is 9.82. The maximum Gasteiger partial charge on any atom is 0.307 e. The summed E-state index contributed by atoms with van der Waals surface area (Å²) in [5.41, 5.74) is 2.89. The topological polar surface area (TPSA) is 92.5 Å². The number of piperidine rings is 1. The highest BCUT2D eigenvalue weighted by atomic mass is 16.5. The fourth-order valence-electron chi connectivity index (χ4n) is 7.99. The molecule has 2 fully saturated rings. The van der Waals surface area contributed by atoms with Crippen LogP contribution in [0.4, 0.5) is 0 Å². The van der Waals surface area contributed by atoms with Crippen molar-refractivity contribution in [2.24, 2.45) is 11.8 Å². The van der Waals surface area contributed by atoms with Crippen LogP contribution in [-0.2, 0) is 26.2 Å². The Hall–Kier alpha value is -3.52. The second-order valence-corrected chi connectivity index (χ2v) is 12.2. The standard InChI is InChI=1S/C32H38N2O6/c1-19(2)16-34(28(37)10-5-22-11-14-38-18-22)25-8-7-24-26-15-23-6-9-27(36)30-29(23)32(24,31(25)40-30)12-13-33(26)17-20(3)39-21(4)35/h5-6,9-11,14,18-19,24-26,31,36H,3,7-8,12-13,15-17H2,1-2,4H3/t24-,25-,26+,31-,32-/m0/s1. The van der Waals surface area contributed by atoms with Crippen molar-refractivity contribution in [1.82, 2.24) is 9.80 Å². The molecule has 6 rings (SSSR count). The highest BCUT2D eigenvalue weighted by molar-refractivity contribution is 5.92. The number of ether oxygens (including phenoxy) is 2. The summed E-state index contributed by atoms with van der Waals surface area (Å²) in [5, 5.41) is 10.9. The number of carbonyl (C=O) groups is 2. The summed E-state index contributed by atoms with van der Waals surface area (Å²) < 4.78 is 17.2. The largest absolute Gasteiger partial charge is 0.504 e. The number of likely N-dealkylation sites (tertiary alicyclic amines) is 1. The number of phenolic OH excluding ortho intramolecular Hbond substituents is 1. The van der Waals surface area contributed by atoms with E-state index in [0.29, 0.717) is 30.5 Å². The van der Waals surface area contributed by atoms with Crippen LogP contribution in [0.2, 0.25) is 0 Å². The van der Waals surface area contributed by atoms with E-state index in [-0.39, 0.29) is 47.1 Å². The number of aromatic hydroxyl groups is 1. The van der Waals surface area contributed by atoms with Gasteiger partial charge in [0.25, 0.3) is 0 Å². The normalized spacial score (nSPS) is 28.3. The summed E-state index contributed by atoms with van der Waals surface area (Å²) >= 11 is 0. The van der Waals surface area contributed by atoms with E-state index in [0.717, 1.165) is 43.4 Å². The van der Waals surface area contributed by atoms with E-state index in [1.807, 2.05) is 17.0 Å². The molecule has 40 heavy (non-hydrogen) atoms. The maximum absolute atomic E-state index is 13.7. The molecule has 1 amide bonds. The van der Waals surface area contributed by atoms with Gasteiger partial charge in [-0.05, 0) is 67.8 Å². The molecule has 1 spiro atoms. The molecule has 3 heterocycles. The first-order valence-electron chi connectivity index (χ1n) is 14.3. The van der Waals surface area contributed by atoms with Crippen LogP contribution in [0.5, 0.6) is 11.5 Å². The molecule has 212 valence electrons. The molecule has 0 unspecified atom stereocenters. The van der Waals surface area contributed by atoms with Gasteiger partial charge in [-0.15, -0.1) is 0 Å². The van der Waals surface area contributed by atoms with E-state index in [1.165, 1.54) is 12.5 Å². The van der Waals surface area contributed by atoms with E-state index in [9.17, 15) is 14.7 Å². The second-order valence-electron chi connectivity index (χ2n) is 12.2. The Morgan fingerprint density at radius 2 is 2.12 bits per heavy atom. The minimum Gasteiger partial charge on any atom is -0.504 e. The van der Waals surface area contributed by atoms with Crippen LogP contribution >= 0.6 is 0 Å². The lowest BCUT2D eigenvalue weighted by Gasteiger charge is -2.60. The van der Waals surface area contributed by atoms with Crippen LogP contribution in [0.3, 0.4) is 0 Å². The summed E-state index contributed by atoms with van der Waals surface area (Å²) in [4.78, 5) is 29.7. The number of hydrogen-bond acceptors (Lipinski definition) is 7. The molecule has 2 aliphatic heterocycles. The lowest BCUT2D eigenvalue weighted by molar-refractivity contribution is -0.141. The van der Waals surface area contributed by atoms with Gasteiger partial charge in [-0.2, -0.15) is 0 Å². The van der Waals surface area contributed by atoms with Crippen LogP contribution in [-0.4, -0.2) is 64.6 Å². The minimum atomic E-state index is -0.353. The van der Waals surface area contributed by atoms with Gasteiger partial charge in [0.1, 0.15) is 11.9 Å². The zero-order chi connectivity index (χ0) is 28.2. The molecule has 1 saturated carbocycles. The molecular formula is C32H38N2O6. The van der Waals surface area contributed by atoms with Gasteiger partial charge in [0.05, 0.1) is 25.1 Å². The van der Waals surface area contributed by atoms with Gasteiger partial charge in [0.2, 0.25) is 5.91 Å². The molecule has 8 nitrogen and oxygen atoms in total.